The highest BCUT2D eigenvalue weighted by molar-refractivity contribution is 7.20. The fraction of sp³-hybridized carbons (Fsp3) is 0.300. The van der Waals surface area contributed by atoms with Crippen LogP contribution in [0.2, 0.25) is 0 Å². The molecule has 2 rings (SSSR count). The van der Waals surface area contributed by atoms with Gasteiger partial charge in [-0.1, -0.05) is 0 Å². The fourth-order valence-corrected chi connectivity index (χ4v) is 2.65. The molecular formula is C10H11N3O3S. The number of nitrogens with two attached hydrogens (primary N) is 1. The molecule has 0 saturated carbocycles. The van der Waals surface area contributed by atoms with E-state index < -0.39 is 5.91 Å². The summed E-state index contributed by atoms with van der Waals surface area (Å²) in [5.74, 6) is -0.557. The predicted molar refractivity (Wildman–Crippen MR) is 64.2 cm³/mol. The van der Waals surface area contributed by atoms with Gasteiger partial charge >= 0.3 is 0 Å². The zero-order chi connectivity index (χ0) is 12.6. The highest BCUT2D eigenvalue weighted by atomic mass is 32.1. The number of carbonyl (C=O) groups is 1. The van der Waals surface area contributed by atoms with E-state index in [0.29, 0.717) is 20.7 Å². The topological polar surface area (TPSA) is 98.2 Å². The molecule has 0 bridgehead atoms. The summed E-state index contributed by atoms with van der Waals surface area (Å²) in [7, 11) is 0. The molecule has 0 aromatic carbocycles. The van der Waals surface area contributed by atoms with Crippen LogP contribution in [-0.4, -0.2) is 27.2 Å². The molecule has 3 N–H and O–H groups in total. The molecule has 0 unspecified atom stereocenters. The third-order valence-electron chi connectivity index (χ3n) is 2.48. The first kappa shape index (κ1) is 11.7. The molecule has 1 amide bonds. The Morgan fingerprint density at radius 1 is 1.65 bits per heavy atom. The van der Waals surface area contributed by atoms with Gasteiger partial charge in [-0.2, -0.15) is 0 Å². The van der Waals surface area contributed by atoms with Crippen LogP contribution in [-0.2, 0) is 6.54 Å². The van der Waals surface area contributed by atoms with Gasteiger partial charge in [0.2, 0.25) is 0 Å². The lowest BCUT2D eigenvalue weighted by Crippen LogP contribution is -2.22. The fourth-order valence-electron chi connectivity index (χ4n) is 1.66. The van der Waals surface area contributed by atoms with Gasteiger partial charge in [0.25, 0.3) is 11.5 Å². The summed E-state index contributed by atoms with van der Waals surface area (Å²) in [6, 6.07) is 0. The van der Waals surface area contributed by atoms with E-state index in [1.165, 1.54) is 10.9 Å². The Balaban J connectivity index is 2.77. The van der Waals surface area contributed by atoms with Gasteiger partial charge in [0.15, 0.2) is 0 Å². The van der Waals surface area contributed by atoms with Crippen molar-refractivity contribution in [3.63, 3.8) is 0 Å². The smallest absolute Gasteiger partial charge is 0.262 e. The van der Waals surface area contributed by atoms with Crippen LogP contribution in [0.25, 0.3) is 10.2 Å². The van der Waals surface area contributed by atoms with Crippen molar-refractivity contribution in [3.8, 4) is 0 Å². The summed E-state index contributed by atoms with van der Waals surface area (Å²) in [5.41, 5.74) is 5.52. The number of hydrogen-bond acceptors (Lipinski definition) is 5. The summed E-state index contributed by atoms with van der Waals surface area (Å²) in [5, 5.41) is 9.22. The summed E-state index contributed by atoms with van der Waals surface area (Å²) in [4.78, 5) is 28.1. The molecule has 0 spiro atoms. The first-order valence-electron chi connectivity index (χ1n) is 4.95. The molecule has 0 fully saturated rings. The number of thiophene rings is 1. The van der Waals surface area contributed by atoms with E-state index in [1.54, 1.807) is 6.92 Å². The van der Waals surface area contributed by atoms with Crippen molar-refractivity contribution >= 4 is 27.5 Å². The molecular weight excluding hydrogens is 242 g/mol. The van der Waals surface area contributed by atoms with E-state index in [0.717, 1.165) is 11.3 Å². The molecule has 7 heteroatoms. The summed E-state index contributed by atoms with van der Waals surface area (Å²) >= 11 is 1.11. The van der Waals surface area contributed by atoms with Gasteiger partial charge in [-0.05, 0) is 12.5 Å². The van der Waals surface area contributed by atoms with Crippen LogP contribution < -0.4 is 11.3 Å². The quantitative estimate of drug-likeness (QED) is 0.795. The monoisotopic (exact) mass is 253 g/mol. The summed E-state index contributed by atoms with van der Waals surface area (Å²) in [6.45, 7) is 1.72. The normalized spacial score (nSPS) is 10.9. The number of aromatic nitrogens is 2. The number of primary amides is 1. The van der Waals surface area contributed by atoms with Crippen molar-refractivity contribution < 1.29 is 9.90 Å². The highest BCUT2D eigenvalue weighted by Gasteiger charge is 2.17. The van der Waals surface area contributed by atoms with Crippen LogP contribution in [0.5, 0.6) is 0 Å². The minimum Gasteiger partial charge on any atom is -0.395 e. The third-order valence-corrected chi connectivity index (χ3v) is 3.70. The van der Waals surface area contributed by atoms with Crippen LogP contribution in [0.15, 0.2) is 11.1 Å². The Morgan fingerprint density at radius 2 is 2.35 bits per heavy atom. The van der Waals surface area contributed by atoms with Gasteiger partial charge in [-0.3, -0.25) is 14.2 Å². The number of aryl methyl sites for hydroxylation is 1. The second-order valence-electron chi connectivity index (χ2n) is 3.57. The first-order chi connectivity index (χ1) is 8.06. The van der Waals surface area contributed by atoms with Crippen LogP contribution in [0.3, 0.4) is 0 Å². The largest absolute Gasteiger partial charge is 0.395 e. The van der Waals surface area contributed by atoms with Crippen molar-refractivity contribution in [2.45, 2.75) is 13.5 Å². The Kier molecular flexibility index (Phi) is 2.95. The second kappa shape index (κ2) is 4.27. The number of amides is 1. The molecule has 0 aliphatic heterocycles. The molecule has 17 heavy (non-hydrogen) atoms. The molecule has 0 atom stereocenters. The van der Waals surface area contributed by atoms with Crippen molar-refractivity contribution in [2.75, 3.05) is 6.61 Å². The molecule has 0 aliphatic carbocycles. The van der Waals surface area contributed by atoms with E-state index >= 15 is 0 Å². The van der Waals surface area contributed by atoms with E-state index in [-0.39, 0.29) is 18.7 Å². The number of aliphatic hydroxyl groups excluding tert-OH is 1. The van der Waals surface area contributed by atoms with Gasteiger partial charge in [0.1, 0.15) is 4.83 Å². The first-order valence-corrected chi connectivity index (χ1v) is 5.77. The number of hydrogen-bond donors (Lipinski definition) is 2. The van der Waals surface area contributed by atoms with Crippen molar-refractivity contribution in [3.05, 3.63) is 27.1 Å². The zero-order valence-corrected chi connectivity index (χ0v) is 9.95. The molecule has 2 aromatic rings. The van der Waals surface area contributed by atoms with E-state index in [4.69, 9.17) is 10.8 Å². The Labute approximate surface area is 100 Å². The molecule has 0 radical (unpaired) electrons. The molecule has 2 aromatic heterocycles. The van der Waals surface area contributed by atoms with Crippen LogP contribution >= 0.6 is 11.3 Å². The molecule has 0 aliphatic rings. The lowest BCUT2D eigenvalue weighted by atomic mass is 10.2. The highest BCUT2D eigenvalue weighted by Crippen LogP contribution is 2.25. The van der Waals surface area contributed by atoms with Gasteiger partial charge < -0.3 is 10.8 Å². The average Bonchev–Trinajstić information content (AvgIpc) is 2.61. The number of aliphatic hydroxyl groups is 1. The van der Waals surface area contributed by atoms with Crippen molar-refractivity contribution in [1.82, 2.24) is 9.55 Å². The lowest BCUT2D eigenvalue weighted by molar-refractivity contribution is 0.100. The Morgan fingerprint density at radius 3 is 2.94 bits per heavy atom. The number of fused-ring (bicyclic) bond motifs is 1. The number of nitrogens with zero attached hydrogens (tertiary/aromatic N) is 2. The summed E-state index contributed by atoms with van der Waals surface area (Å²) < 4.78 is 1.31. The molecule has 6 nitrogen and oxygen atoms in total. The Bertz CT molecular complexity index is 644. The van der Waals surface area contributed by atoms with Crippen LogP contribution in [0, 0.1) is 6.92 Å². The van der Waals surface area contributed by atoms with Gasteiger partial charge in [-0.25, -0.2) is 4.98 Å². The minimum absolute atomic E-state index is 0.140. The lowest BCUT2D eigenvalue weighted by Gasteiger charge is -2.01. The van der Waals surface area contributed by atoms with Crippen LogP contribution in [0.1, 0.15) is 15.2 Å². The van der Waals surface area contributed by atoms with E-state index in [2.05, 4.69) is 4.98 Å². The van der Waals surface area contributed by atoms with E-state index in [9.17, 15) is 9.59 Å². The number of rotatable bonds is 3. The second-order valence-corrected chi connectivity index (χ2v) is 4.57. The molecule has 0 saturated heterocycles. The average molecular weight is 253 g/mol. The summed E-state index contributed by atoms with van der Waals surface area (Å²) in [6.07, 6.45) is 1.36. The van der Waals surface area contributed by atoms with Crippen LogP contribution in [0.4, 0.5) is 0 Å². The van der Waals surface area contributed by atoms with Crippen molar-refractivity contribution in [2.24, 2.45) is 5.73 Å². The Hall–Kier alpha value is -1.73. The minimum atomic E-state index is -0.557. The number of carbonyl (C=O) groups excluding carboxylic acids is 1. The third kappa shape index (κ3) is 1.83. The van der Waals surface area contributed by atoms with Gasteiger partial charge in [0, 0.05) is 0 Å². The maximum absolute atomic E-state index is 12.0. The van der Waals surface area contributed by atoms with Gasteiger partial charge in [0.05, 0.1) is 29.7 Å². The zero-order valence-electron chi connectivity index (χ0n) is 9.14. The van der Waals surface area contributed by atoms with Gasteiger partial charge in [-0.15, -0.1) is 11.3 Å². The van der Waals surface area contributed by atoms with E-state index in [1.807, 2.05) is 0 Å². The van der Waals surface area contributed by atoms with Crippen molar-refractivity contribution in [1.29, 1.82) is 0 Å². The SMILES string of the molecule is Cc1c(C(N)=O)sc2ncn(CCO)c(=O)c12. The maximum atomic E-state index is 12.0. The predicted octanol–water partition coefficient (Wildman–Crippen LogP) is -0.142. The maximum Gasteiger partial charge on any atom is 0.262 e. The molecule has 90 valence electrons. The molecule has 2 heterocycles. The standard InChI is InChI=1S/C10H11N3O3S/c1-5-6-9(17-7(5)8(11)15)12-4-13(2-3-14)10(6)16/h4,14H,2-3H2,1H3,(H2,11,15).